The molecule has 5 atom stereocenters. The molecule has 8 nitrogen and oxygen atoms in total. The maximum Gasteiger partial charge on any atom is 0.253 e. The molecule has 1 spiro atoms. The average molecular weight is 502 g/mol. The van der Waals surface area contributed by atoms with Crippen LogP contribution in [0.5, 0.6) is 0 Å². The second-order valence-corrected chi connectivity index (χ2v) is 10.3. The highest BCUT2D eigenvalue weighted by molar-refractivity contribution is 6.06. The summed E-state index contributed by atoms with van der Waals surface area (Å²) < 4.78 is 6.61. The molecule has 1 N–H and O–H groups in total. The fourth-order valence-electron chi connectivity index (χ4n) is 6.47. The first kappa shape index (κ1) is 23.9. The summed E-state index contributed by atoms with van der Waals surface area (Å²) in [6, 6.07) is 13.0. The summed E-state index contributed by atoms with van der Waals surface area (Å²) >= 11 is 0. The Morgan fingerprint density at radius 1 is 0.973 bits per heavy atom. The van der Waals surface area contributed by atoms with E-state index < -0.39 is 29.6 Å². The van der Waals surface area contributed by atoms with Crippen LogP contribution >= 0.6 is 0 Å². The van der Waals surface area contributed by atoms with Crippen molar-refractivity contribution in [2.45, 2.75) is 30.6 Å². The molecule has 0 aromatic heterocycles. The van der Waals surface area contributed by atoms with Crippen molar-refractivity contribution in [3.05, 3.63) is 66.8 Å². The topological polar surface area (TPSA) is 90.4 Å². The number of hydrogen-bond acceptors (Lipinski definition) is 5. The lowest BCUT2D eigenvalue weighted by atomic mass is 9.77. The van der Waals surface area contributed by atoms with E-state index in [1.165, 1.54) is 0 Å². The van der Waals surface area contributed by atoms with Gasteiger partial charge in [0.1, 0.15) is 11.6 Å². The summed E-state index contributed by atoms with van der Waals surface area (Å²) in [6.45, 7) is 1.11. The molecule has 37 heavy (non-hydrogen) atoms. The van der Waals surface area contributed by atoms with Gasteiger partial charge in [0.25, 0.3) is 5.91 Å². The Morgan fingerprint density at radius 3 is 2.59 bits per heavy atom. The van der Waals surface area contributed by atoms with Crippen LogP contribution in [0.25, 0.3) is 10.8 Å². The van der Waals surface area contributed by atoms with Gasteiger partial charge in [-0.2, -0.15) is 0 Å². The van der Waals surface area contributed by atoms with Gasteiger partial charge < -0.3 is 24.5 Å². The lowest BCUT2D eigenvalue weighted by Crippen LogP contribution is -2.55. The molecule has 192 valence electrons. The van der Waals surface area contributed by atoms with Crippen molar-refractivity contribution in [3.63, 3.8) is 0 Å². The van der Waals surface area contributed by atoms with Crippen LogP contribution < -0.4 is 4.90 Å². The lowest BCUT2D eigenvalue weighted by Gasteiger charge is -2.35. The highest BCUT2D eigenvalue weighted by atomic mass is 16.5. The van der Waals surface area contributed by atoms with E-state index >= 15 is 0 Å². The molecule has 4 aliphatic heterocycles. The Labute approximate surface area is 215 Å². The van der Waals surface area contributed by atoms with Gasteiger partial charge in [-0.3, -0.25) is 14.4 Å². The molecule has 2 saturated heterocycles. The standard InChI is InChI=1S/C29H31N3O5/c1-30-14-6-10-22-23(26(30)34)24-27(35)32(15-4-5-17-33)25-28(36)31(16-7-13-29(24,25)37-22)21-12-11-19-8-2-3-9-20(19)18-21/h2-3,6-13,18,22-25,33H,4-5,14-17H2,1H3/t22-,23+,24-,25?,29-/m0/s1. The molecule has 2 aromatic rings. The number of anilines is 1. The normalized spacial score (nSPS) is 31.0. The molecule has 8 heteroatoms. The van der Waals surface area contributed by atoms with E-state index in [9.17, 15) is 19.5 Å². The molecule has 0 aliphatic carbocycles. The zero-order valence-corrected chi connectivity index (χ0v) is 20.8. The number of aliphatic hydroxyl groups excluding tert-OH is 1. The van der Waals surface area contributed by atoms with Crippen molar-refractivity contribution in [2.24, 2.45) is 11.8 Å². The number of carbonyl (C=O) groups excluding carboxylic acids is 3. The maximum absolute atomic E-state index is 14.4. The molecule has 4 aliphatic rings. The summed E-state index contributed by atoms with van der Waals surface area (Å²) in [4.78, 5) is 46.7. The average Bonchev–Trinajstić information content (AvgIpc) is 3.22. The van der Waals surface area contributed by atoms with Gasteiger partial charge in [-0.05, 0) is 35.7 Å². The molecule has 0 saturated carbocycles. The number of amides is 3. The van der Waals surface area contributed by atoms with E-state index in [-0.39, 0.29) is 24.3 Å². The van der Waals surface area contributed by atoms with Gasteiger partial charge in [-0.15, -0.1) is 0 Å². The molecule has 6 rings (SSSR count). The van der Waals surface area contributed by atoms with E-state index in [0.717, 1.165) is 16.5 Å². The van der Waals surface area contributed by atoms with Gasteiger partial charge in [0.2, 0.25) is 11.8 Å². The van der Waals surface area contributed by atoms with Crippen molar-refractivity contribution in [2.75, 3.05) is 38.2 Å². The first-order valence-corrected chi connectivity index (χ1v) is 12.9. The quantitative estimate of drug-likeness (QED) is 0.501. The summed E-state index contributed by atoms with van der Waals surface area (Å²) in [5.41, 5.74) is -0.480. The van der Waals surface area contributed by atoms with Gasteiger partial charge in [0, 0.05) is 39.0 Å². The number of fused-ring (bicyclic) bond motifs is 3. The largest absolute Gasteiger partial charge is 0.396 e. The number of nitrogens with zero attached hydrogens (tertiary/aromatic N) is 3. The third kappa shape index (κ3) is 3.61. The Hall–Kier alpha value is -3.49. The molecule has 2 aromatic carbocycles. The molecular weight excluding hydrogens is 470 g/mol. The van der Waals surface area contributed by atoms with Crippen LogP contribution in [0.2, 0.25) is 0 Å². The van der Waals surface area contributed by atoms with Crippen molar-refractivity contribution in [3.8, 4) is 0 Å². The van der Waals surface area contributed by atoms with Crippen molar-refractivity contribution in [1.82, 2.24) is 9.80 Å². The fraction of sp³-hybridized carbons (Fsp3) is 0.414. The Bertz CT molecular complexity index is 1320. The molecular formula is C29H31N3O5. The highest BCUT2D eigenvalue weighted by Crippen LogP contribution is 2.53. The summed E-state index contributed by atoms with van der Waals surface area (Å²) in [7, 11) is 1.73. The van der Waals surface area contributed by atoms with Gasteiger partial charge >= 0.3 is 0 Å². The van der Waals surface area contributed by atoms with Crippen molar-refractivity contribution >= 4 is 34.2 Å². The minimum atomic E-state index is -1.23. The van der Waals surface area contributed by atoms with E-state index in [4.69, 9.17) is 4.74 Å². The van der Waals surface area contributed by atoms with E-state index in [1.807, 2.05) is 66.8 Å². The van der Waals surface area contributed by atoms with Crippen LogP contribution in [0.4, 0.5) is 5.69 Å². The van der Waals surface area contributed by atoms with Crippen LogP contribution in [-0.2, 0) is 19.1 Å². The first-order chi connectivity index (χ1) is 18.0. The van der Waals surface area contributed by atoms with Crippen LogP contribution in [0.3, 0.4) is 0 Å². The SMILES string of the molecule is CN1CC=C[C@@H]2O[C@]34C=CCN(c5ccc6ccccc6c5)C(=O)C3N(CCCCO)C(=O)[C@@H]4[C@@H]2C1=O. The molecule has 0 bridgehead atoms. The predicted octanol–water partition coefficient (Wildman–Crippen LogP) is 2.12. The van der Waals surface area contributed by atoms with E-state index in [1.54, 1.807) is 21.7 Å². The highest BCUT2D eigenvalue weighted by Gasteiger charge is 2.71. The number of likely N-dealkylation sites (tertiary alicyclic amines) is 1. The summed E-state index contributed by atoms with van der Waals surface area (Å²) in [6.07, 6.45) is 8.01. The Kier molecular flexibility index (Phi) is 5.88. The Balaban J connectivity index is 1.44. The lowest BCUT2D eigenvalue weighted by molar-refractivity contribution is -0.143. The molecule has 2 fully saturated rings. The van der Waals surface area contributed by atoms with E-state index in [2.05, 4.69) is 0 Å². The van der Waals surface area contributed by atoms with Gasteiger partial charge in [-0.25, -0.2) is 0 Å². The molecule has 0 radical (unpaired) electrons. The third-order valence-corrected chi connectivity index (χ3v) is 8.21. The first-order valence-electron chi connectivity index (χ1n) is 12.9. The number of rotatable bonds is 5. The number of aliphatic hydroxyl groups is 1. The molecule has 4 heterocycles. The van der Waals surface area contributed by atoms with Crippen LogP contribution in [0.1, 0.15) is 12.8 Å². The van der Waals surface area contributed by atoms with Crippen LogP contribution in [0, 0.1) is 11.8 Å². The zero-order valence-electron chi connectivity index (χ0n) is 20.8. The second-order valence-electron chi connectivity index (χ2n) is 10.3. The molecule has 1 unspecified atom stereocenters. The summed E-state index contributed by atoms with van der Waals surface area (Å²) in [5.74, 6) is -2.07. The van der Waals surface area contributed by atoms with Gasteiger partial charge in [0.15, 0.2) is 0 Å². The zero-order chi connectivity index (χ0) is 25.7. The summed E-state index contributed by atoms with van der Waals surface area (Å²) in [5, 5.41) is 11.5. The number of ether oxygens (including phenoxy) is 1. The van der Waals surface area contributed by atoms with Gasteiger partial charge in [-0.1, -0.05) is 54.6 Å². The minimum Gasteiger partial charge on any atom is -0.396 e. The Morgan fingerprint density at radius 2 is 1.78 bits per heavy atom. The van der Waals surface area contributed by atoms with Crippen LogP contribution in [0.15, 0.2) is 66.8 Å². The fourth-order valence-corrected chi connectivity index (χ4v) is 6.47. The maximum atomic E-state index is 14.4. The minimum absolute atomic E-state index is 0.00755. The van der Waals surface area contributed by atoms with Crippen molar-refractivity contribution < 1.29 is 24.2 Å². The number of carbonyl (C=O) groups is 3. The number of likely N-dealkylation sites (N-methyl/N-ethyl adjacent to an activating group) is 1. The van der Waals surface area contributed by atoms with Crippen molar-refractivity contribution in [1.29, 1.82) is 0 Å². The number of unbranched alkanes of at least 4 members (excludes halogenated alkanes) is 1. The van der Waals surface area contributed by atoms with Crippen LogP contribution in [-0.4, -0.2) is 83.7 Å². The predicted molar refractivity (Wildman–Crippen MR) is 139 cm³/mol. The third-order valence-electron chi connectivity index (χ3n) is 8.21. The monoisotopic (exact) mass is 501 g/mol. The number of benzene rings is 2. The van der Waals surface area contributed by atoms with E-state index in [0.29, 0.717) is 32.5 Å². The number of hydrogen-bond donors (Lipinski definition) is 1. The second kappa shape index (κ2) is 9.11. The van der Waals surface area contributed by atoms with Gasteiger partial charge in [0.05, 0.1) is 17.9 Å². The smallest absolute Gasteiger partial charge is 0.253 e. The molecule has 3 amide bonds.